The van der Waals surface area contributed by atoms with E-state index in [4.69, 9.17) is 19.2 Å². The number of alkyl halides is 2. The molecule has 1 aliphatic carbocycles. The van der Waals surface area contributed by atoms with Gasteiger partial charge in [0.2, 0.25) is 17.5 Å². The Hall–Kier alpha value is -3.19. The number of ether oxygens (including phenoxy) is 4. The molecular formula is C32H39F2N4O7V-. The van der Waals surface area contributed by atoms with E-state index in [9.17, 15) is 23.2 Å². The van der Waals surface area contributed by atoms with Gasteiger partial charge in [0, 0.05) is 18.6 Å². The number of aryl methyl sites for hydroxylation is 1. The van der Waals surface area contributed by atoms with E-state index in [0.29, 0.717) is 17.6 Å². The molecule has 3 aliphatic heterocycles. The number of benzene rings is 1. The Kier molecular flexibility index (Phi) is 9.76. The van der Waals surface area contributed by atoms with Crippen molar-refractivity contribution in [3.8, 4) is 17.4 Å². The third kappa shape index (κ3) is 6.76. The summed E-state index contributed by atoms with van der Waals surface area (Å²) in [6.45, 7) is 7.28. The normalized spacial score (nSPS) is 29.7. The van der Waals surface area contributed by atoms with Crippen molar-refractivity contribution in [1.82, 2.24) is 20.2 Å². The van der Waals surface area contributed by atoms with E-state index in [0.717, 1.165) is 44.9 Å². The fraction of sp³-hybridized carbons (Fsp3) is 0.656. The summed E-state index contributed by atoms with van der Waals surface area (Å²) in [5, 5.41) is 2.80. The molecule has 1 N–H and O–H groups in total. The minimum Gasteiger partial charge on any atom is -0.540 e. The van der Waals surface area contributed by atoms with Crippen molar-refractivity contribution < 1.29 is 60.7 Å². The van der Waals surface area contributed by atoms with Crippen molar-refractivity contribution in [2.45, 2.75) is 110 Å². The molecule has 4 aliphatic rings. The first-order valence-corrected chi connectivity index (χ1v) is 15.8. The van der Waals surface area contributed by atoms with Gasteiger partial charge in [-0.3, -0.25) is 4.79 Å². The van der Waals surface area contributed by atoms with Gasteiger partial charge in [0.25, 0.3) is 0 Å². The Balaban J connectivity index is 0.00000417. The zero-order chi connectivity index (χ0) is 32.1. The van der Waals surface area contributed by atoms with Gasteiger partial charge < -0.3 is 34.0 Å². The van der Waals surface area contributed by atoms with Gasteiger partial charge in [-0.2, -0.15) is 0 Å². The maximum absolute atomic E-state index is 14.0. The molecule has 6 atom stereocenters. The van der Waals surface area contributed by atoms with Crippen molar-refractivity contribution in [2.24, 2.45) is 17.3 Å². The summed E-state index contributed by atoms with van der Waals surface area (Å²) in [6, 6.07) is 0.986. The van der Waals surface area contributed by atoms with Crippen LogP contribution >= 0.6 is 0 Å². The van der Waals surface area contributed by atoms with E-state index in [1.807, 2.05) is 27.1 Å². The monoisotopic (exact) mass is 680 g/mol. The van der Waals surface area contributed by atoms with Crippen molar-refractivity contribution in [1.29, 1.82) is 0 Å². The summed E-state index contributed by atoms with van der Waals surface area (Å²) >= 11 is 0. The number of hydrogen-bond donors (Lipinski definition) is 1. The molecule has 1 radical (unpaired) electrons. The standard InChI is InChI=1S/C32H39F2N4O7.V/c1-17-21(16-39)38-15-24(17)42-28-20(35-19-13-14-23-26(25(19)36-28)45-32(33,34)44-23)11-7-5-6-9-18-10-8-12-22(18)43-30(41)37-27(29(38)40)31(2,3)4;/h13-14,17-18,21-22,24,27H,5-12,15H2,1-4H3,(H,37,41);/q-1;/t17?,18-,21-,22-,24+,27-;/m1./s1. The molecule has 1 saturated carbocycles. The molecule has 1 unspecified atom stereocenters. The van der Waals surface area contributed by atoms with Crippen molar-refractivity contribution >= 4 is 29.3 Å². The predicted molar refractivity (Wildman–Crippen MR) is 157 cm³/mol. The molecule has 2 bridgehead atoms. The van der Waals surface area contributed by atoms with Crippen LogP contribution in [-0.2, 0) is 39.3 Å². The SMILES string of the molecule is CC1[C@@H]2CN(C(=O)[C@H](C(C)(C)C)NC(=O)O[C@@H]3CCC[C@H]3CCCCCc3nc4ccc5c(c4nc3O2)OC(F)(F)O5)[C@@H]1[C-]=O.[V]. The second-order valence-electron chi connectivity index (χ2n) is 13.6. The van der Waals surface area contributed by atoms with Gasteiger partial charge in [-0.1, -0.05) is 46.6 Å². The number of halogens is 2. The van der Waals surface area contributed by atoms with E-state index >= 15 is 0 Å². The van der Waals surface area contributed by atoms with Gasteiger partial charge in [0.05, 0.1) is 12.1 Å². The van der Waals surface area contributed by atoms with Crippen molar-refractivity contribution in [2.75, 3.05) is 6.54 Å². The molecule has 2 amide bonds. The van der Waals surface area contributed by atoms with Gasteiger partial charge in [-0.25, -0.2) is 21.0 Å². The molecule has 11 nitrogen and oxygen atoms in total. The molecule has 1 aromatic carbocycles. The van der Waals surface area contributed by atoms with Gasteiger partial charge in [0.1, 0.15) is 29.5 Å². The molecule has 2 fully saturated rings. The maximum Gasteiger partial charge on any atom is 0.586 e. The van der Waals surface area contributed by atoms with Crippen molar-refractivity contribution in [3.63, 3.8) is 0 Å². The fourth-order valence-corrected chi connectivity index (χ4v) is 6.92. The first-order chi connectivity index (χ1) is 21.3. The van der Waals surface area contributed by atoms with E-state index in [2.05, 4.69) is 15.0 Å². The van der Waals surface area contributed by atoms with Crippen LogP contribution in [0.25, 0.3) is 11.0 Å². The van der Waals surface area contributed by atoms with E-state index < -0.39 is 47.8 Å². The first-order valence-electron chi connectivity index (χ1n) is 15.8. The molecule has 249 valence electrons. The number of alkyl carbamates (subject to hydrolysis) is 1. The van der Waals surface area contributed by atoms with E-state index in [-0.39, 0.29) is 60.0 Å². The number of rotatable bonds is 1. The zero-order valence-corrected chi connectivity index (χ0v) is 27.8. The summed E-state index contributed by atoms with van der Waals surface area (Å²) < 4.78 is 49.6. The van der Waals surface area contributed by atoms with Gasteiger partial charge in [0.15, 0.2) is 5.75 Å². The van der Waals surface area contributed by atoms with Crippen LogP contribution in [0.15, 0.2) is 12.1 Å². The Morgan fingerprint density at radius 1 is 1.00 bits per heavy atom. The van der Waals surface area contributed by atoms with Gasteiger partial charge >= 0.3 is 12.4 Å². The van der Waals surface area contributed by atoms with Crippen LogP contribution in [0.3, 0.4) is 0 Å². The van der Waals surface area contributed by atoms with Crippen LogP contribution in [0.4, 0.5) is 13.6 Å². The molecule has 1 saturated heterocycles. The number of nitrogens with zero attached hydrogens (tertiary/aromatic N) is 3. The molecule has 14 heteroatoms. The Bertz CT molecular complexity index is 1490. The summed E-state index contributed by atoms with van der Waals surface area (Å²) in [5.41, 5.74) is 0.248. The van der Waals surface area contributed by atoms with Gasteiger partial charge in [-0.15, -0.1) is 8.78 Å². The van der Waals surface area contributed by atoms with Crippen LogP contribution in [0.5, 0.6) is 17.4 Å². The number of carbonyl (C=O) groups excluding carboxylic acids is 3. The minimum absolute atomic E-state index is 0. The molecule has 6 rings (SSSR count). The van der Waals surface area contributed by atoms with Crippen LogP contribution < -0.4 is 19.5 Å². The Morgan fingerprint density at radius 2 is 1.76 bits per heavy atom. The summed E-state index contributed by atoms with van der Waals surface area (Å²) in [4.78, 5) is 50.1. The molecule has 0 spiro atoms. The third-order valence-corrected chi connectivity index (χ3v) is 9.41. The second-order valence-corrected chi connectivity index (χ2v) is 13.6. The van der Waals surface area contributed by atoms with E-state index in [1.54, 1.807) is 13.0 Å². The number of carbonyl (C=O) groups is 2. The second kappa shape index (κ2) is 13.1. The number of hydrogen-bond acceptors (Lipinski definition) is 9. The Morgan fingerprint density at radius 3 is 2.50 bits per heavy atom. The number of amides is 2. The molecule has 2 aromatic rings. The first kappa shape index (κ1) is 34.2. The minimum atomic E-state index is -3.84. The molecule has 4 heterocycles. The number of fused-ring (bicyclic) bond motifs is 7. The van der Waals surface area contributed by atoms with E-state index in [1.165, 1.54) is 11.0 Å². The topological polar surface area (TPSA) is 129 Å². The van der Waals surface area contributed by atoms with Crippen LogP contribution in [-0.4, -0.2) is 70.3 Å². The summed E-state index contributed by atoms with van der Waals surface area (Å²) in [7, 11) is 0. The predicted octanol–water partition coefficient (Wildman–Crippen LogP) is 5.08. The van der Waals surface area contributed by atoms with Crippen LogP contribution in [0.1, 0.15) is 78.3 Å². The maximum atomic E-state index is 14.0. The third-order valence-electron chi connectivity index (χ3n) is 9.41. The number of aromatic nitrogens is 2. The fourth-order valence-electron chi connectivity index (χ4n) is 6.92. The molecular weight excluding hydrogens is 641 g/mol. The van der Waals surface area contributed by atoms with Crippen molar-refractivity contribution in [3.05, 3.63) is 17.8 Å². The Labute approximate surface area is 278 Å². The summed E-state index contributed by atoms with van der Waals surface area (Å²) in [6.07, 6.45) is 3.27. The number of nitrogens with one attached hydrogen (secondary N) is 1. The quantitative estimate of drug-likeness (QED) is 0.410. The average molecular weight is 681 g/mol. The smallest absolute Gasteiger partial charge is 0.540 e. The largest absolute Gasteiger partial charge is 0.586 e. The van der Waals surface area contributed by atoms with Gasteiger partial charge in [-0.05, 0) is 67.9 Å². The molecule has 46 heavy (non-hydrogen) atoms. The van der Waals surface area contributed by atoms with Crippen LogP contribution in [0.2, 0.25) is 0 Å². The zero-order valence-electron chi connectivity index (χ0n) is 26.4. The molecule has 1 aromatic heterocycles. The average Bonchev–Trinajstić information content (AvgIpc) is 3.64. The summed E-state index contributed by atoms with van der Waals surface area (Å²) in [5.74, 6) is -0.997. The van der Waals surface area contributed by atoms with Crippen LogP contribution in [0, 0.1) is 17.3 Å².